The minimum atomic E-state index is -0.664. The summed E-state index contributed by atoms with van der Waals surface area (Å²) in [7, 11) is 1.44. The highest BCUT2D eigenvalue weighted by Crippen LogP contribution is 2.36. The maximum Gasteiger partial charge on any atom is 0.319 e. The van der Waals surface area contributed by atoms with Gasteiger partial charge in [-0.1, -0.05) is 33.1 Å². The third-order valence-corrected chi connectivity index (χ3v) is 8.00. The second-order valence-corrected chi connectivity index (χ2v) is 11.6. The average molecular weight is 635 g/mol. The Balaban J connectivity index is 1.30. The van der Waals surface area contributed by atoms with Gasteiger partial charge in [0, 0.05) is 43.0 Å². The lowest BCUT2D eigenvalue weighted by atomic mass is 10.1. The number of urea groups is 1. The summed E-state index contributed by atoms with van der Waals surface area (Å²) in [5, 5.41) is 8.13. The molecule has 0 spiro atoms. The largest absolute Gasteiger partial charge is 0.493 e. The molecule has 10 heteroatoms. The number of anilines is 2. The zero-order valence-electron chi connectivity index (χ0n) is 27.4. The van der Waals surface area contributed by atoms with Crippen molar-refractivity contribution in [2.75, 3.05) is 43.9 Å². The van der Waals surface area contributed by atoms with E-state index in [1.807, 2.05) is 19.1 Å². The van der Waals surface area contributed by atoms with Gasteiger partial charge >= 0.3 is 6.03 Å². The van der Waals surface area contributed by atoms with Gasteiger partial charge in [0.1, 0.15) is 17.6 Å². The number of ether oxygens (including phenoxy) is 3. The van der Waals surface area contributed by atoms with Crippen LogP contribution in [0.5, 0.6) is 23.0 Å². The minimum absolute atomic E-state index is 0.0202. The molecule has 3 N–H and O–H groups in total. The SMILES string of the molecule is CCCCCNC(=O)Nc1cc(OC)c(Oc2ccc(NC(=O)c3ccc(OC4CCN(CCCC)CC4)c(C)c3)cc2)cc1F. The van der Waals surface area contributed by atoms with Crippen LogP contribution in [-0.2, 0) is 0 Å². The summed E-state index contributed by atoms with van der Waals surface area (Å²) >= 11 is 0. The Morgan fingerprint density at radius 3 is 2.30 bits per heavy atom. The molecule has 1 saturated heterocycles. The van der Waals surface area contributed by atoms with Crippen molar-refractivity contribution < 1.29 is 28.2 Å². The van der Waals surface area contributed by atoms with E-state index < -0.39 is 11.8 Å². The Hall–Kier alpha value is -4.31. The highest BCUT2D eigenvalue weighted by atomic mass is 19.1. The number of rotatable bonds is 15. The van der Waals surface area contributed by atoms with Crippen LogP contribution in [0.1, 0.15) is 74.7 Å². The fraction of sp³-hybridized carbons (Fsp3) is 0.444. The highest BCUT2D eigenvalue weighted by Gasteiger charge is 2.21. The van der Waals surface area contributed by atoms with Gasteiger partial charge in [-0.3, -0.25) is 4.79 Å². The molecule has 0 bridgehead atoms. The summed E-state index contributed by atoms with van der Waals surface area (Å²) in [6.07, 6.45) is 7.55. The number of likely N-dealkylation sites (tertiary alicyclic amines) is 1. The summed E-state index contributed by atoms with van der Waals surface area (Å²) in [6, 6.07) is 14.3. The van der Waals surface area contributed by atoms with Crippen molar-refractivity contribution in [2.45, 2.75) is 71.8 Å². The number of carbonyl (C=O) groups excluding carboxylic acids is 2. The van der Waals surface area contributed by atoms with Gasteiger partial charge in [-0.05, 0) is 87.2 Å². The smallest absolute Gasteiger partial charge is 0.319 e. The number of halogens is 1. The van der Waals surface area contributed by atoms with E-state index in [0.29, 0.717) is 23.5 Å². The molecule has 1 heterocycles. The number of carbonyl (C=O) groups is 2. The summed E-state index contributed by atoms with van der Waals surface area (Å²) in [5.41, 5.74) is 2.00. The number of aryl methyl sites for hydroxylation is 1. The van der Waals surface area contributed by atoms with E-state index in [-0.39, 0.29) is 29.2 Å². The van der Waals surface area contributed by atoms with Crippen molar-refractivity contribution in [2.24, 2.45) is 0 Å². The van der Waals surface area contributed by atoms with E-state index in [0.717, 1.165) is 69.1 Å². The number of benzene rings is 3. The van der Waals surface area contributed by atoms with Crippen LogP contribution in [0.4, 0.5) is 20.6 Å². The lowest BCUT2D eigenvalue weighted by Crippen LogP contribution is -2.38. The monoisotopic (exact) mass is 634 g/mol. The molecule has 0 radical (unpaired) electrons. The molecule has 1 aliphatic heterocycles. The predicted molar refractivity (Wildman–Crippen MR) is 180 cm³/mol. The fourth-order valence-corrected chi connectivity index (χ4v) is 5.29. The highest BCUT2D eigenvalue weighted by molar-refractivity contribution is 6.04. The number of amides is 3. The van der Waals surface area contributed by atoms with Crippen molar-refractivity contribution in [1.82, 2.24) is 10.2 Å². The predicted octanol–water partition coefficient (Wildman–Crippen LogP) is 8.14. The third-order valence-electron chi connectivity index (χ3n) is 8.00. The van der Waals surface area contributed by atoms with E-state index in [1.54, 1.807) is 30.3 Å². The number of hydrogen-bond donors (Lipinski definition) is 3. The van der Waals surface area contributed by atoms with Crippen molar-refractivity contribution >= 4 is 23.3 Å². The minimum Gasteiger partial charge on any atom is -0.493 e. The lowest BCUT2D eigenvalue weighted by molar-refractivity contribution is 0.0991. The maximum absolute atomic E-state index is 14.8. The molecule has 3 amide bonds. The average Bonchev–Trinajstić information content (AvgIpc) is 3.05. The molecule has 0 unspecified atom stereocenters. The number of unbranched alkanes of at least 4 members (excludes halogenated alkanes) is 3. The van der Waals surface area contributed by atoms with Crippen molar-refractivity contribution in [3.05, 3.63) is 71.5 Å². The molecule has 9 nitrogen and oxygen atoms in total. The zero-order chi connectivity index (χ0) is 32.9. The zero-order valence-corrected chi connectivity index (χ0v) is 27.4. The molecule has 248 valence electrons. The van der Waals surface area contributed by atoms with Gasteiger partial charge in [0.25, 0.3) is 5.91 Å². The van der Waals surface area contributed by atoms with E-state index >= 15 is 0 Å². The Kier molecular flexibility index (Phi) is 13.1. The number of nitrogens with zero attached hydrogens (tertiary/aromatic N) is 1. The van der Waals surface area contributed by atoms with E-state index in [2.05, 4.69) is 34.7 Å². The second-order valence-electron chi connectivity index (χ2n) is 11.6. The first-order chi connectivity index (χ1) is 22.3. The van der Waals surface area contributed by atoms with Crippen LogP contribution in [0.15, 0.2) is 54.6 Å². The van der Waals surface area contributed by atoms with Crippen LogP contribution in [0, 0.1) is 12.7 Å². The fourth-order valence-electron chi connectivity index (χ4n) is 5.29. The van der Waals surface area contributed by atoms with E-state index in [1.165, 1.54) is 26.0 Å². The first-order valence-corrected chi connectivity index (χ1v) is 16.3. The van der Waals surface area contributed by atoms with Gasteiger partial charge in [0.2, 0.25) is 0 Å². The Bertz CT molecular complexity index is 1440. The topological polar surface area (TPSA) is 101 Å². The number of piperidine rings is 1. The number of methoxy groups -OCH3 is 1. The van der Waals surface area contributed by atoms with Crippen LogP contribution < -0.4 is 30.2 Å². The summed E-state index contributed by atoms with van der Waals surface area (Å²) in [6.45, 7) is 10.0. The molecule has 3 aromatic carbocycles. The van der Waals surface area contributed by atoms with Gasteiger partial charge < -0.3 is 35.1 Å². The Morgan fingerprint density at radius 1 is 0.891 bits per heavy atom. The van der Waals surface area contributed by atoms with Gasteiger partial charge in [0.15, 0.2) is 17.3 Å². The Labute approximate surface area is 271 Å². The maximum atomic E-state index is 14.8. The standard InChI is InChI=1S/C36H47FN4O5/c1-5-7-9-18-38-36(43)40-31-24-33(44-4)34(23-30(31)37)46-28-13-11-27(12-14-28)39-35(42)26-10-15-32(25(3)22-26)45-29-16-20-41(21-17-29)19-8-6-2/h10-15,22-24,29H,5-9,16-21H2,1-4H3,(H,39,42)(H2,38,40,43). The summed E-state index contributed by atoms with van der Waals surface area (Å²) in [5.74, 6) is 0.715. The van der Waals surface area contributed by atoms with Crippen LogP contribution in [-0.4, -0.2) is 56.2 Å². The van der Waals surface area contributed by atoms with Gasteiger partial charge in [-0.2, -0.15) is 0 Å². The quantitative estimate of drug-likeness (QED) is 0.146. The Morgan fingerprint density at radius 2 is 1.63 bits per heavy atom. The molecular formula is C36H47FN4O5. The van der Waals surface area contributed by atoms with Crippen molar-refractivity contribution in [3.8, 4) is 23.0 Å². The first-order valence-electron chi connectivity index (χ1n) is 16.3. The summed E-state index contributed by atoms with van der Waals surface area (Å²) in [4.78, 5) is 27.7. The van der Waals surface area contributed by atoms with Gasteiger partial charge in [-0.25, -0.2) is 9.18 Å². The molecule has 0 atom stereocenters. The second kappa shape index (κ2) is 17.4. The molecule has 4 rings (SSSR count). The van der Waals surface area contributed by atoms with E-state index in [4.69, 9.17) is 14.2 Å². The van der Waals surface area contributed by atoms with Crippen molar-refractivity contribution in [1.29, 1.82) is 0 Å². The van der Waals surface area contributed by atoms with E-state index in [9.17, 15) is 14.0 Å². The molecule has 0 aliphatic carbocycles. The third kappa shape index (κ3) is 10.1. The van der Waals surface area contributed by atoms with Crippen LogP contribution in [0.3, 0.4) is 0 Å². The molecule has 1 aliphatic rings. The van der Waals surface area contributed by atoms with Crippen molar-refractivity contribution in [3.63, 3.8) is 0 Å². The molecule has 1 fully saturated rings. The number of nitrogens with one attached hydrogen (secondary N) is 3. The summed E-state index contributed by atoms with van der Waals surface area (Å²) < 4.78 is 32.4. The van der Waals surface area contributed by atoms with Gasteiger partial charge in [0.05, 0.1) is 12.8 Å². The van der Waals surface area contributed by atoms with Crippen LogP contribution in [0.25, 0.3) is 0 Å². The molecular weight excluding hydrogens is 587 g/mol. The lowest BCUT2D eigenvalue weighted by Gasteiger charge is -2.32. The van der Waals surface area contributed by atoms with Crippen LogP contribution in [0.2, 0.25) is 0 Å². The molecule has 46 heavy (non-hydrogen) atoms. The van der Waals surface area contributed by atoms with Gasteiger partial charge in [-0.15, -0.1) is 0 Å². The molecule has 3 aromatic rings. The normalized spacial score (nSPS) is 13.6. The number of hydrogen-bond acceptors (Lipinski definition) is 6. The van der Waals surface area contributed by atoms with Crippen LogP contribution >= 0.6 is 0 Å². The first kappa shape index (κ1) is 34.6. The molecule has 0 aromatic heterocycles. The molecule has 0 saturated carbocycles.